The van der Waals surface area contributed by atoms with Crippen molar-refractivity contribution in [3.05, 3.63) is 69.9 Å². The van der Waals surface area contributed by atoms with Crippen molar-refractivity contribution in [3.8, 4) is 0 Å². The molecule has 2 aromatic rings. The number of amides is 2. The van der Waals surface area contributed by atoms with Gasteiger partial charge in [-0.1, -0.05) is 31.2 Å². The van der Waals surface area contributed by atoms with Gasteiger partial charge in [0.15, 0.2) is 0 Å². The van der Waals surface area contributed by atoms with Crippen LogP contribution in [-0.2, 0) is 22.7 Å². The Labute approximate surface area is 173 Å². The number of aliphatic hydroxyl groups excluding tert-OH is 1. The Hall–Kier alpha value is -3.00. The monoisotopic (exact) mass is 413 g/mol. The van der Waals surface area contributed by atoms with Gasteiger partial charge < -0.3 is 19.9 Å². The zero-order valence-corrected chi connectivity index (χ0v) is 16.6. The van der Waals surface area contributed by atoms with Crippen LogP contribution in [0.4, 0.5) is 4.39 Å². The van der Waals surface area contributed by atoms with Crippen LogP contribution in [-0.4, -0.2) is 39.0 Å². The summed E-state index contributed by atoms with van der Waals surface area (Å²) in [7, 11) is 0. The van der Waals surface area contributed by atoms with Crippen LogP contribution in [0.25, 0.3) is 0 Å². The molecule has 4 rings (SSSR count). The first-order valence-electron chi connectivity index (χ1n) is 10.1. The molecule has 1 saturated heterocycles. The first-order chi connectivity index (χ1) is 14.5. The third kappa shape index (κ3) is 3.21. The average molecular weight is 413 g/mol. The summed E-state index contributed by atoms with van der Waals surface area (Å²) < 4.78 is 15.5. The number of carbonyl (C=O) groups is 2. The number of likely N-dealkylation sites (tertiary alicyclic amines) is 1. The van der Waals surface area contributed by atoms with Gasteiger partial charge in [-0.3, -0.25) is 14.4 Å². The number of nitrogens with zero attached hydrogens (tertiary/aromatic N) is 2. The fraction of sp³-hybridized carbons (Fsp3) is 0.409. The van der Waals surface area contributed by atoms with E-state index in [2.05, 4.69) is 5.32 Å². The average Bonchev–Trinajstić information content (AvgIpc) is 3.28. The molecule has 2 aliphatic rings. The summed E-state index contributed by atoms with van der Waals surface area (Å²) in [4.78, 5) is 39.8. The van der Waals surface area contributed by atoms with Crippen molar-refractivity contribution in [3.63, 3.8) is 0 Å². The summed E-state index contributed by atoms with van der Waals surface area (Å²) in [6, 6.07) is 9.72. The van der Waals surface area contributed by atoms with E-state index in [1.807, 2.05) is 0 Å². The molecule has 1 fully saturated rings. The second-order valence-corrected chi connectivity index (χ2v) is 7.76. The van der Waals surface area contributed by atoms with E-state index < -0.39 is 29.7 Å². The van der Waals surface area contributed by atoms with Gasteiger partial charge in [0.2, 0.25) is 11.8 Å². The van der Waals surface area contributed by atoms with E-state index in [9.17, 15) is 23.9 Å². The minimum atomic E-state index is -0.881. The van der Waals surface area contributed by atoms with Crippen LogP contribution >= 0.6 is 0 Å². The van der Waals surface area contributed by atoms with Gasteiger partial charge in [0.1, 0.15) is 11.9 Å². The minimum absolute atomic E-state index is 0.0142. The molecule has 0 bridgehead atoms. The number of nitrogens with one attached hydrogen (secondary N) is 1. The Morgan fingerprint density at radius 1 is 1.20 bits per heavy atom. The molecule has 0 saturated carbocycles. The van der Waals surface area contributed by atoms with Crippen molar-refractivity contribution in [2.24, 2.45) is 11.8 Å². The molecule has 158 valence electrons. The SMILES string of the molecule is CCC(=O)N1[C@H](C(=O)NCc2ccccc2F)[C@@H](CO)[C@@H]2Cn3c(cccc3=O)[C@@H]21. The predicted molar refractivity (Wildman–Crippen MR) is 107 cm³/mol. The molecule has 0 radical (unpaired) electrons. The Bertz CT molecular complexity index is 1040. The highest BCUT2D eigenvalue weighted by Gasteiger charge is 2.56. The van der Waals surface area contributed by atoms with Gasteiger partial charge in [0, 0.05) is 55.3 Å². The zero-order chi connectivity index (χ0) is 21.4. The number of aromatic nitrogens is 1. The van der Waals surface area contributed by atoms with Crippen molar-refractivity contribution in [1.29, 1.82) is 0 Å². The lowest BCUT2D eigenvalue weighted by molar-refractivity contribution is -0.141. The Balaban J connectivity index is 1.66. The van der Waals surface area contributed by atoms with Gasteiger partial charge in [-0.15, -0.1) is 0 Å². The fourth-order valence-electron chi connectivity index (χ4n) is 4.83. The van der Waals surface area contributed by atoms with E-state index >= 15 is 0 Å². The largest absolute Gasteiger partial charge is 0.396 e. The van der Waals surface area contributed by atoms with Gasteiger partial charge in [-0.25, -0.2) is 4.39 Å². The normalized spacial score (nSPS) is 24.4. The summed E-state index contributed by atoms with van der Waals surface area (Å²) in [5.74, 6) is -1.85. The van der Waals surface area contributed by atoms with E-state index in [0.29, 0.717) is 17.8 Å². The lowest BCUT2D eigenvalue weighted by atomic mass is 9.88. The van der Waals surface area contributed by atoms with Crippen molar-refractivity contribution < 1.29 is 19.1 Å². The third-order valence-corrected chi connectivity index (χ3v) is 6.22. The Kier molecular flexibility index (Phi) is 5.42. The number of hydrogen-bond donors (Lipinski definition) is 2. The van der Waals surface area contributed by atoms with Crippen molar-refractivity contribution in [2.75, 3.05) is 6.61 Å². The van der Waals surface area contributed by atoms with E-state index in [-0.39, 0.29) is 37.0 Å². The highest BCUT2D eigenvalue weighted by atomic mass is 19.1. The van der Waals surface area contributed by atoms with Crippen LogP contribution in [0.1, 0.15) is 30.6 Å². The molecule has 2 aliphatic heterocycles. The lowest BCUT2D eigenvalue weighted by Gasteiger charge is -2.30. The van der Waals surface area contributed by atoms with Crippen LogP contribution in [0.2, 0.25) is 0 Å². The predicted octanol–water partition coefficient (Wildman–Crippen LogP) is 1.20. The molecule has 7 nitrogen and oxygen atoms in total. The summed E-state index contributed by atoms with van der Waals surface area (Å²) >= 11 is 0. The first kappa shape index (κ1) is 20.3. The number of aliphatic hydroxyl groups is 1. The van der Waals surface area contributed by atoms with Gasteiger partial charge in [-0.05, 0) is 12.1 Å². The molecule has 4 atom stereocenters. The molecule has 0 aliphatic carbocycles. The smallest absolute Gasteiger partial charge is 0.250 e. The number of hydrogen-bond acceptors (Lipinski definition) is 4. The van der Waals surface area contributed by atoms with Crippen LogP contribution in [0.3, 0.4) is 0 Å². The highest BCUT2D eigenvalue weighted by Crippen LogP contribution is 2.49. The molecule has 30 heavy (non-hydrogen) atoms. The highest BCUT2D eigenvalue weighted by molar-refractivity contribution is 5.89. The maximum atomic E-state index is 13.9. The molecular weight excluding hydrogens is 389 g/mol. The molecule has 8 heteroatoms. The number of carbonyl (C=O) groups excluding carboxylic acids is 2. The molecule has 3 heterocycles. The number of pyridine rings is 1. The van der Waals surface area contributed by atoms with Gasteiger partial charge in [-0.2, -0.15) is 0 Å². The summed E-state index contributed by atoms with van der Waals surface area (Å²) in [6.07, 6.45) is 0.190. The van der Waals surface area contributed by atoms with Crippen LogP contribution in [0.5, 0.6) is 0 Å². The second kappa shape index (κ2) is 8.02. The number of fused-ring (bicyclic) bond motifs is 3. The fourth-order valence-corrected chi connectivity index (χ4v) is 4.83. The van der Waals surface area contributed by atoms with E-state index in [1.165, 1.54) is 17.0 Å². The van der Waals surface area contributed by atoms with Gasteiger partial charge >= 0.3 is 0 Å². The van der Waals surface area contributed by atoms with Gasteiger partial charge in [0.05, 0.1) is 6.04 Å². The molecule has 2 N–H and O–H groups in total. The molecular formula is C22H24FN3O4. The molecule has 1 aromatic carbocycles. The zero-order valence-electron chi connectivity index (χ0n) is 16.6. The number of benzene rings is 1. The van der Waals surface area contributed by atoms with Gasteiger partial charge in [0.25, 0.3) is 5.56 Å². The summed E-state index contributed by atoms with van der Waals surface area (Å²) in [5.41, 5.74) is 0.857. The van der Waals surface area contributed by atoms with Crippen LogP contribution in [0, 0.1) is 17.7 Å². The molecule has 1 aromatic heterocycles. The summed E-state index contributed by atoms with van der Waals surface area (Å²) in [6.45, 7) is 1.75. The van der Waals surface area contributed by atoms with Crippen LogP contribution < -0.4 is 10.9 Å². The minimum Gasteiger partial charge on any atom is -0.396 e. The standard InChI is InChI=1S/C22H24FN3O4/c1-2-18(28)26-20-14(11-25-17(20)8-5-9-19(25)29)15(12-27)21(26)22(30)24-10-13-6-3-4-7-16(13)23/h3-9,14-15,20-21,27H,2,10-12H2,1H3,(H,24,30)/t14-,15-,20+,21-/m0/s1. The molecule has 0 spiro atoms. The number of rotatable bonds is 5. The van der Waals surface area contributed by atoms with Crippen LogP contribution in [0.15, 0.2) is 47.3 Å². The second-order valence-electron chi connectivity index (χ2n) is 7.76. The lowest BCUT2D eigenvalue weighted by Crippen LogP contribution is -2.50. The van der Waals surface area contributed by atoms with Crippen molar-refractivity contribution in [1.82, 2.24) is 14.8 Å². The van der Waals surface area contributed by atoms with E-state index in [0.717, 1.165) is 0 Å². The van der Waals surface area contributed by atoms with E-state index in [4.69, 9.17) is 0 Å². The Morgan fingerprint density at radius 3 is 2.67 bits per heavy atom. The maximum Gasteiger partial charge on any atom is 0.250 e. The van der Waals surface area contributed by atoms with Crippen molar-refractivity contribution >= 4 is 11.8 Å². The third-order valence-electron chi connectivity index (χ3n) is 6.22. The quantitative estimate of drug-likeness (QED) is 0.771. The first-order valence-corrected chi connectivity index (χ1v) is 10.1. The summed E-state index contributed by atoms with van der Waals surface area (Å²) in [5, 5.41) is 12.8. The Morgan fingerprint density at radius 2 is 1.97 bits per heavy atom. The molecule has 0 unspecified atom stereocenters. The molecule has 2 amide bonds. The van der Waals surface area contributed by atoms with E-state index in [1.54, 1.807) is 41.8 Å². The maximum absolute atomic E-state index is 13.9. The van der Waals surface area contributed by atoms with Crippen molar-refractivity contribution in [2.45, 2.75) is 38.5 Å². The number of halogens is 1. The topological polar surface area (TPSA) is 91.6 Å².